The molecule has 0 saturated carbocycles. The first-order valence-corrected chi connectivity index (χ1v) is 6.16. The second-order valence-electron chi connectivity index (χ2n) is 4.48. The second kappa shape index (κ2) is 4.89. The summed E-state index contributed by atoms with van der Waals surface area (Å²) in [6, 6.07) is 7.72. The molecule has 0 bridgehead atoms. The van der Waals surface area contributed by atoms with Crippen LogP contribution in [0.2, 0.25) is 0 Å². The maximum absolute atomic E-state index is 10.9. The van der Waals surface area contributed by atoms with Crippen LogP contribution in [0.4, 0.5) is 6.01 Å². The molecule has 1 unspecified atom stereocenters. The van der Waals surface area contributed by atoms with E-state index in [0.717, 1.165) is 5.52 Å². The summed E-state index contributed by atoms with van der Waals surface area (Å²) in [5.41, 5.74) is 1.48. The van der Waals surface area contributed by atoms with Gasteiger partial charge in [-0.1, -0.05) is 12.1 Å². The zero-order valence-corrected chi connectivity index (χ0v) is 10.3. The van der Waals surface area contributed by atoms with Crippen LogP contribution in [-0.4, -0.2) is 41.9 Å². The number of carbonyl (C=O) groups is 1. The summed E-state index contributed by atoms with van der Waals surface area (Å²) in [5.74, 6) is -0.850. The normalized spacial score (nSPS) is 19.8. The van der Waals surface area contributed by atoms with Gasteiger partial charge in [-0.25, -0.2) is 0 Å². The van der Waals surface area contributed by atoms with Crippen LogP contribution in [0.5, 0.6) is 0 Å². The molecule has 1 aromatic heterocycles. The Kier molecular flexibility index (Phi) is 3.08. The van der Waals surface area contributed by atoms with Crippen LogP contribution in [0.15, 0.2) is 28.7 Å². The molecular formula is C13H14N2O4. The Labute approximate surface area is 109 Å². The highest BCUT2D eigenvalue weighted by Gasteiger charge is 2.28. The van der Waals surface area contributed by atoms with Crippen LogP contribution < -0.4 is 4.90 Å². The summed E-state index contributed by atoms with van der Waals surface area (Å²) in [5, 5.41) is 8.94. The van der Waals surface area contributed by atoms with Crippen LogP contribution in [0, 0.1) is 0 Å². The van der Waals surface area contributed by atoms with Crippen LogP contribution in [0.3, 0.4) is 0 Å². The van der Waals surface area contributed by atoms with Crippen molar-refractivity contribution in [2.45, 2.75) is 12.5 Å². The molecule has 19 heavy (non-hydrogen) atoms. The fourth-order valence-electron chi connectivity index (χ4n) is 2.26. The summed E-state index contributed by atoms with van der Waals surface area (Å²) < 4.78 is 11.0. The van der Waals surface area contributed by atoms with Crippen molar-refractivity contribution < 1.29 is 19.1 Å². The van der Waals surface area contributed by atoms with E-state index in [1.807, 2.05) is 29.2 Å². The number of nitrogens with zero attached hydrogens (tertiary/aromatic N) is 2. The number of aromatic nitrogens is 1. The van der Waals surface area contributed by atoms with Crippen molar-refractivity contribution in [2.24, 2.45) is 0 Å². The first kappa shape index (κ1) is 12.0. The highest BCUT2D eigenvalue weighted by atomic mass is 16.5. The molecule has 1 aromatic carbocycles. The van der Waals surface area contributed by atoms with Crippen LogP contribution in [-0.2, 0) is 9.53 Å². The van der Waals surface area contributed by atoms with Gasteiger partial charge in [-0.15, -0.1) is 0 Å². The molecule has 6 heteroatoms. The number of hydrogen-bond acceptors (Lipinski definition) is 5. The fourth-order valence-corrected chi connectivity index (χ4v) is 2.26. The predicted molar refractivity (Wildman–Crippen MR) is 68.2 cm³/mol. The minimum absolute atomic E-state index is 0.0126. The van der Waals surface area contributed by atoms with Crippen molar-refractivity contribution in [2.75, 3.05) is 24.7 Å². The van der Waals surface area contributed by atoms with Crippen molar-refractivity contribution >= 4 is 23.1 Å². The topological polar surface area (TPSA) is 75.8 Å². The molecule has 1 saturated heterocycles. The summed E-state index contributed by atoms with van der Waals surface area (Å²) >= 11 is 0. The van der Waals surface area contributed by atoms with Gasteiger partial charge in [-0.05, 0) is 12.1 Å². The Balaban J connectivity index is 1.91. The molecule has 1 N–H and O–H groups in total. The molecule has 2 heterocycles. The Morgan fingerprint density at radius 3 is 3.11 bits per heavy atom. The first-order valence-electron chi connectivity index (χ1n) is 6.16. The SMILES string of the molecule is O=C(O)CC1COCCN1c1nc2ccccc2o1. The molecule has 0 aliphatic carbocycles. The highest BCUT2D eigenvalue weighted by Crippen LogP contribution is 2.25. The lowest BCUT2D eigenvalue weighted by atomic mass is 10.2. The van der Waals surface area contributed by atoms with Crippen molar-refractivity contribution in [1.29, 1.82) is 0 Å². The molecule has 6 nitrogen and oxygen atoms in total. The summed E-state index contributed by atoms with van der Waals surface area (Å²) in [4.78, 5) is 17.2. The number of aliphatic carboxylic acids is 1. The number of carboxylic acids is 1. The van der Waals surface area contributed by atoms with Gasteiger partial charge in [-0.2, -0.15) is 4.98 Å². The molecule has 100 valence electrons. The molecular weight excluding hydrogens is 248 g/mol. The van der Waals surface area contributed by atoms with E-state index in [9.17, 15) is 4.79 Å². The lowest BCUT2D eigenvalue weighted by Crippen LogP contribution is -2.46. The highest BCUT2D eigenvalue weighted by molar-refractivity contribution is 5.74. The van der Waals surface area contributed by atoms with Crippen LogP contribution >= 0.6 is 0 Å². The van der Waals surface area contributed by atoms with E-state index in [1.54, 1.807) is 0 Å². The van der Waals surface area contributed by atoms with Crippen LogP contribution in [0.25, 0.3) is 11.1 Å². The molecule has 0 spiro atoms. The van der Waals surface area contributed by atoms with Crippen molar-refractivity contribution in [3.05, 3.63) is 24.3 Å². The van der Waals surface area contributed by atoms with Gasteiger partial charge in [0.05, 0.1) is 25.7 Å². The molecule has 0 radical (unpaired) electrons. The smallest absolute Gasteiger partial charge is 0.305 e. The first-order chi connectivity index (χ1) is 9.24. The molecule has 1 atom stereocenters. The van der Waals surface area contributed by atoms with Gasteiger partial charge in [0, 0.05) is 6.54 Å². The van der Waals surface area contributed by atoms with E-state index in [-0.39, 0.29) is 12.5 Å². The Morgan fingerprint density at radius 1 is 1.47 bits per heavy atom. The van der Waals surface area contributed by atoms with Gasteiger partial charge in [-0.3, -0.25) is 4.79 Å². The Bertz CT molecular complexity index is 562. The van der Waals surface area contributed by atoms with E-state index in [0.29, 0.717) is 31.4 Å². The van der Waals surface area contributed by atoms with Gasteiger partial charge < -0.3 is 19.2 Å². The van der Waals surface area contributed by atoms with E-state index < -0.39 is 5.97 Å². The quantitative estimate of drug-likeness (QED) is 0.903. The summed E-state index contributed by atoms with van der Waals surface area (Å²) in [7, 11) is 0. The van der Waals surface area contributed by atoms with Gasteiger partial charge in [0.15, 0.2) is 5.58 Å². The average Bonchev–Trinajstić information content (AvgIpc) is 2.82. The fraction of sp³-hybridized carbons (Fsp3) is 0.385. The maximum Gasteiger partial charge on any atom is 0.305 e. The van der Waals surface area contributed by atoms with E-state index in [4.69, 9.17) is 14.3 Å². The number of carboxylic acid groups (broad SMARTS) is 1. The van der Waals surface area contributed by atoms with Crippen molar-refractivity contribution in [3.63, 3.8) is 0 Å². The number of benzene rings is 1. The Hall–Kier alpha value is -2.08. The number of oxazole rings is 1. The molecule has 1 aliphatic rings. The third-order valence-electron chi connectivity index (χ3n) is 3.17. The van der Waals surface area contributed by atoms with Crippen molar-refractivity contribution in [1.82, 2.24) is 4.98 Å². The zero-order chi connectivity index (χ0) is 13.2. The van der Waals surface area contributed by atoms with Gasteiger partial charge in [0.25, 0.3) is 6.01 Å². The zero-order valence-electron chi connectivity index (χ0n) is 10.3. The third-order valence-corrected chi connectivity index (χ3v) is 3.17. The number of hydrogen-bond donors (Lipinski definition) is 1. The third kappa shape index (κ3) is 2.39. The summed E-state index contributed by atoms with van der Waals surface area (Å²) in [6.07, 6.45) is 0.0126. The van der Waals surface area contributed by atoms with E-state index in [2.05, 4.69) is 4.98 Å². The maximum atomic E-state index is 10.9. The minimum Gasteiger partial charge on any atom is -0.481 e. The number of morpholine rings is 1. The molecule has 3 rings (SSSR count). The summed E-state index contributed by atoms with van der Waals surface area (Å²) in [6.45, 7) is 1.52. The Morgan fingerprint density at radius 2 is 2.32 bits per heavy atom. The number of fused-ring (bicyclic) bond motifs is 1. The lowest BCUT2D eigenvalue weighted by molar-refractivity contribution is -0.138. The van der Waals surface area contributed by atoms with Gasteiger partial charge in [0.2, 0.25) is 0 Å². The molecule has 1 fully saturated rings. The van der Waals surface area contributed by atoms with Gasteiger partial charge in [0.1, 0.15) is 5.52 Å². The van der Waals surface area contributed by atoms with E-state index >= 15 is 0 Å². The average molecular weight is 262 g/mol. The van der Waals surface area contributed by atoms with Crippen LogP contribution in [0.1, 0.15) is 6.42 Å². The van der Waals surface area contributed by atoms with Gasteiger partial charge >= 0.3 is 5.97 Å². The predicted octanol–water partition coefficient (Wildman–Crippen LogP) is 1.51. The van der Waals surface area contributed by atoms with Crippen molar-refractivity contribution in [3.8, 4) is 0 Å². The minimum atomic E-state index is -0.850. The number of para-hydroxylation sites is 2. The largest absolute Gasteiger partial charge is 0.481 e. The monoisotopic (exact) mass is 262 g/mol. The molecule has 1 aliphatic heterocycles. The molecule has 0 amide bonds. The number of rotatable bonds is 3. The second-order valence-corrected chi connectivity index (χ2v) is 4.48. The number of anilines is 1. The number of ether oxygens (including phenoxy) is 1. The molecule has 2 aromatic rings. The van der Waals surface area contributed by atoms with E-state index in [1.165, 1.54) is 0 Å². The standard InChI is InChI=1S/C13H14N2O4/c16-12(17)7-9-8-18-6-5-15(9)13-14-10-3-1-2-4-11(10)19-13/h1-4,9H,5-8H2,(H,16,17). The lowest BCUT2D eigenvalue weighted by Gasteiger charge is -2.33.